The Morgan fingerprint density at radius 2 is 1.29 bits per heavy atom. The fourth-order valence-corrected chi connectivity index (χ4v) is 1.89. The van der Waals surface area contributed by atoms with Crippen LogP contribution >= 0.6 is 0 Å². The van der Waals surface area contributed by atoms with Gasteiger partial charge in [0.15, 0.2) is 0 Å². The van der Waals surface area contributed by atoms with E-state index in [0.717, 1.165) is 17.1 Å². The minimum Gasteiger partial charge on any atom is -0.428 e. The van der Waals surface area contributed by atoms with Crippen LogP contribution in [0.1, 0.15) is 48.4 Å². The van der Waals surface area contributed by atoms with E-state index in [4.69, 9.17) is 4.43 Å². The summed E-state index contributed by atoms with van der Waals surface area (Å²) in [6.07, 6.45) is 3.87. The Morgan fingerprint density at radius 3 is 1.59 bits per heavy atom. The third kappa shape index (κ3) is 7.34. The molecule has 0 radical (unpaired) electrons. The minimum atomic E-state index is 0.906. The monoisotopic (exact) mass is 252 g/mol. The van der Waals surface area contributed by atoms with Crippen molar-refractivity contribution < 1.29 is 4.43 Å². The molecule has 0 aliphatic heterocycles. The second-order valence-corrected chi connectivity index (χ2v) is 5.30. The zero-order chi connectivity index (χ0) is 13.3. The molecule has 1 aromatic carbocycles. The molecule has 0 amide bonds. The maximum absolute atomic E-state index is 4.98. The first kappa shape index (κ1) is 16.4. The summed E-state index contributed by atoms with van der Waals surface area (Å²) in [5, 5.41) is 0. The van der Waals surface area contributed by atoms with Gasteiger partial charge in [0.1, 0.15) is 10.5 Å². The number of hydrogen-bond donors (Lipinski definition) is 0. The molecular weight excluding hydrogens is 224 g/mol. The molecule has 2 heteroatoms. The second kappa shape index (κ2) is 9.43. The highest BCUT2D eigenvalue weighted by molar-refractivity contribution is 5.97. The third-order valence-corrected chi connectivity index (χ3v) is 3.47. The van der Waals surface area contributed by atoms with E-state index in [-0.39, 0.29) is 0 Å². The lowest BCUT2D eigenvalue weighted by molar-refractivity contribution is 0.335. The summed E-state index contributed by atoms with van der Waals surface area (Å²) in [5.74, 6) is 0. The molecule has 1 aromatic rings. The smallest absolute Gasteiger partial charge is 0.145 e. The lowest BCUT2D eigenvalue weighted by Crippen LogP contribution is -1.87. The molecule has 1 rings (SSSR count). The fraction of sp³-hybridized carbons (Fsp3) is 0.600. The van der Waals surface area contributed by atoms with Crippen molar-refractivity contribution in [3.8, 4) is 0 Å². The van der Waals surface area contributed by atoms with Crippen LogP contribution in [0.2, 0.25) is 0 Å². The Hall–Kier alpha value is -0.603. The van der Waals surface area contributed by atoms with Gasteiger partial charge in [0.2, 0.25) is 0 Å². The van der Waals surface area contributed by atoms with Gasteiger partial charge in [-0.25, -0.2) is 0 Å². The molecular formula is C15H28OSi. The van der Waals surface area contributed by atoms with Gasteiger partial charge in [-0.1, -0.05) is 31.9 Å². The average Bonchev–Trinajstić information content (AvgIpc) is 2.28. The van der Waals surface area contributed by atoms with Crippen LogP contribution < -0.4 is 0 Å². The van der Waals surface area contributed by atoms with Crippen LogP contribution in [0, 0.1) is 27.7 Å². The Kier molecular flexibility index (Phi) is 9.09. The topological polar surface area (TPSA) is 9.23 Å². The molecule has 0 saturated heterocycles. The first-order valence-corrected chi connectivity index (χ1v) is 7.38. The van der Waals surface area contributed by atoms with E-state index in [1.54, 1.807) is 0 Å². The molecule has 0 spiro atoms. The number of unbranched alkanes of at least 4 members (excludes halogenated alkanes) is 2. The second-order valence-electron chi connectivity index (χ2n) is 4.72. The van der Waals surface area contributed by atoms with Crippen molar-refractivity contribution in [2.24, 2.45) is 0 Å². The maximum atomic E-state index is 4.98. The summed E-state index contributed by atoms with van der Waals surface area (Å²) in [4.78, 5) is 0. The number of benzene rings is 1. The van der Waals surface area contributed by atoms with Gasteiger partial charge in [0.05, 0.1) is 0 Å². The van der Waals surface area contributed by atoms with Crippen molar-refractivity contribution in [2.75, 3.05) is 6.61 Å². The summed E-state index contributed by atoms with van der Waals surface area (Å²) in [6, 6.07) is 4.48. The van der Waals surface area contributed by atoms with Gasteiger partial charge in [0, 0.05) is 6.61 Å². The predicted octanol–water partition coefficient (Wildman–Crippen LogP) is 3.39. The molecule has 0 heterocycles. The molecule has 0 unspecified atom stereocenters. The summed E-state index contributed by atoms with van der Waals surface area (Å²) >= 11 is 0. The first-order valence-electron chi connectivity index (χ1n) is 6.56. The highest BCUT2D eigenvalue weighted by Gasteiger charge is 1.95. The van der Waals surface area contributed by atoms with Gasteiger partial charge < -0.3 is 4.43 Å². The Bertz CT molecular complexity index is 267. The number of hydrogen-bond acceptors (Lipinski definition) is 1. The molecule has 0 atom stereocenters. The van der Waals surface area contributed by atoms with E-state index >= 15 is 0 Å². The van der Waals surface area contributed by atoms with Crippen LogP contribution in [0.4, 0.5) is 0 Å². The number of aryl methyl sites for hydroxylation is 4. The fourth-order valence-electron chi connectivity index (χ4n) is 1.60. The summed E-state index contributed by atoms with van der Waals surface area (Å²) in [5.41, 5.74) is 5.57. The number of rotatable bonds is 4. The summed E-state index contributed by atoms with van der Waals surface area (Å²) < 4.78 is 4.98. The van der Waals surface area contributed by atoms with E-state index in [9.17, 15) is 0 Å². The summed E-state index contributed by atoms with van der Waals surface area (Å²) in [6.45, 7) is 11.8. The minimum absolute atomic E-state index is 0.906. The van der Waals surface area contributed by atoms with Crippen LogP contribution in [0.3, 0.4) is 0 Å². The van der Waals surface area contributed by atoms with Crippen molar-refractivity contribution >= 4 is 10.5 Å². The van der Waals surface area contributed by atoms with Gasteiger partial charge >= 0.3 is 0 Å². The van der Waals surface area contributed by atoms with E-state index < -0.39 is 0 Å². The van der Waals surface area contributed by atoms with Gasteiger partial charge in [-0.2, -0.15) is 0 Å². The predicted molar refractivity (Wildman–Crippen MR) is 80.8 cm³/mol. The van der Waals surface area contributed by atoms with Gasteiger partial charge in [-0.05, 0) is 56.4 Å². The van der Waals surface area contributed by atoms with Crippen LogP contribution in [0.15, 0.2) is 12.1 Å². The Balaban J connectivity index is 0.000000325. The highest BCUT2D eigenvalue weighted by atomic mass is 28.2. The standard InChI is InChI=1S/C10H14.C5H14OSi/c1-7-5-9(3)10(4)6-8(7)2;1-2-3-4-5-6-7/h5-6H,1-4H3;2-5H2,1,7H3. The molecule has 0 bridgehead atoms. The van der Waals surface area contributed by atoms with Crippen LogP contribution in [-0.2, 0) is 4.43 Å². The van der Waals surface area contributed by atoms with Crippen molar-refractivity contribution in [2.45, 2.75) is 53.9 Å². The summed E-state index contributed by atoms with van der Waals surface area (Å²) in [7, 11) is 0.906. The Morgan fingerprint density at radius 1 is 0.882 bits per heavy atom. The van der Waals surface area contributed by atoms with Crippen molar-refractivity contribution in [1.82, 2.24) is 0 Å². The molecule has 0 aromatic heterocycles. The lowest BCUT2D eigenvalue weighted by atomic mass is 10.0. The molecule has 0 aliphatic carbocycles. The zero-order valence-corrected chi connectivity index (χ0v) is 14.4. The van der Waals surface area contributed by atoms with Gasteiger partial charge in [0.25, 0.3) is 0 Å². The third-order valence-electron chi connectivity index (χ3n) is 3.06. The first-order chi connectivity index (χ1) is 8.02. The normalized spacial score (nSPS) is 9.94. The van der Waals surface area contributed by atoms with Crippen molar-refractivity contribution in [1.29, 1.82) is 0 Å². The van der Waals surface area contributed by atoms with E-state index in [2.05, 4.69) is 46.8 Å². The largest absolute Gasteiger partial charge is 0.428 e. The zero-order valence-electron chi connectivity index (χ0n) is 12.4. The van der Waals surface area contributed by atoms with Crippen LogP contribution in [0.5, 0.6) is 0 Å². The van der Waals surface area contributed by atoms with E-state index in [1.807, 2.05) is 0 Å². The molecule has 0 fully saturated rings. The van der Waals surface area contributed by atoms with Crippen LogP contribution in [-0.4, -0.2) is 17.1 Å². The van der Waals surface area contributed by atoms with Gasteiger partial charge in [-0.3, -0.25) is 0 Å². The van der Waals surface area contributed by atoms with Crippen molar-refractivity contribution in [3.05, 3.63) is 34.4 Å². The van der Waals surface area contributed by atoms with E-state index in [0.29, 0.717) is 0 Å². The highest BCUT2D eigenvalue weighted by Crippen LogP contribution is 2.13. The molecule has 17 heavy (non-hydrogen) atoms. The molecule has 98 valence electrons. The SMILES string of the molecule is CCCCCO[SiH3].Cc1cc(C)c(C)cc1C. The molecule has 0 N–H and O–H groups in total. The molecule has 0 saturated carbocycles. The van der Waals surface area contributed by atoms with Gasteiger partial charge in [-0.15, -0.1) is 0 Å². The van der Waals surface area contributed by atoms with Crippen molar-refractivity contribution in [3.63, 3.8) is 0 Å². The Labute approximate surface area is 110 Å². The molecule has 1 nitrogen and oxygen atoms in total. The maximum Gasteiger partial charge on any atom is 0.145 e. The molecule has 0 aliphatic rings. The lowest BCUT2D eigenvalue weighted by Gasteiger charge is -2.04. The van der Waals surface area contributed by atoms with Crippen LogP contribution in [0.25, 0.3) is 0 Å². The average molecular weight is 252 g/mol. The quantitative estimate of drug-likeness (QED) is 0.589. The van der Waals surface area contributed by atoms with E-state index in [1.165, 1.54) is 41.5 Å².